The van der Waals surface area contributed by atoms with E-state index in [1.165, 1.54) is 63.8 Å². The predicted molar refractivity (Wildman–Crippen MR) is 189 cm³/mol. The van der Waals surface area contributed by atoms with Crippen molar-refractivity contribution >= 4 is 48.0 Å². The highest BCUT2D eigenvalue weighted by atomic mass is 16.6. The number of hydrogen-bond acceptors (Lipinski definition) is 16. The van der Waals surface area contributed by atoms with E-state index in [1.54, 1.807) is 41.5 Å². The molecule has 1 N–H and O–H groups in total. The van der Waals surface area contributed by atoms with E-state index in [0.717, 1.165) is 0 Å². The maximum Gasteiger partial charge on any atom is 0.410 e. The Hall–Kier alpha value is -5.49. The zero-order valence-electron chi connectivity index (χ0n) is 33.2. The van der Waals surface area contributed by atoms with E-state index in [9.17, 15) is 38.4 Å². The van der Waals surface area contributed by atoms with Gasteiger partial charge in [-0.15, -0.1) is 0 Å². The maximum absolute atomic E-state index is 12.1. The van der Waals surface area contributed by atoms with Crippen LogP contribution in [0, 0.1) is 23.7 Å². The first-order chi connectivity index (χ1) is 25.5. The van der Waals surface area contributed by atoms with Crippen LogP contribution in [-0.2, 0) is 52.3 Å². The average Bonchev–Trinajstić information content (AvgIpc) is 3.14. The van der Waals surface area contributed by atoms with Crippen LogP contribution in [0.1, 0.15) is 75.1 Å². The molecule has 19 heteroatoms. The molecule has 0 bridgehead atoms. The van der Waals surface area contributed by atoms with Crippen molar-refractivity contribution in [3.8, 4) is 0 Å². The van der Waals surface area contributed by atoms with Gasteiger partial charge in [-0.3, -0.25) is 24.2 Å². The van der Waals surface area contributed by atoms with Crippen molar-refractivity contribution in [3.63, 3.8) is 0 Å². The van der Waals surface area contributed by atoms with E-state index in [-0.39, 0.29) is 43.7 Å². The lowest BCUT2D eigenvalue weighted by Gasteiger charge is -2.36. The minimum atomic E-state index is -1.04. The van der Waals surface area contributed by atoms with Crippen LogP contribution in [0.15, 0.2) is 18.5 Å². The smallest absolute Gasteiger partial charge is 0.410 e. The summed E-state index contributed by atoms with van der Waals surface area (Å²) < 4.78 is 33.5. The number of esters is 5. The Morgan fingerprint density at radius 2 is 0.873 bits per heavy atom. The molecule has 1 aromatic rings. The minimum Gasteiger partial charge on any atom is -0.481 e. The van der Waals surface area contributed by atoms with Crippen LogP contribution in [0.3, 0.4) is 0 Å². The number of pyridine rings is 1. The Labute approximate surface area is 319 Å². The van der Waals surface area contributed by atoms with Crippen molar-refractivity contribution in [2.24, 2.45) is 23.7 Å². The standard InChI is InChI=1S/C14H23NO6.C13H21NO6.C9H9NO4/c1-14(2,3)21-13(18)15-7-9(11(16)19-4)6-10(8-15)12(17)20-5;1-13(2,3)20-12(18)14-6-8(10(15)16)5-9(7-14)11(17)19-4;1-13-8(11)6-3-7(5-10-4-6)9(12)14-2/h9-10H,6-8H2,1-5H3;8-9H,5-7H2,1-4H3,(H,15,16);3-5H,1-2H3. The third kappa shape index (κ3) is 16.2. The molecule has 2 aliphatic heterocycles. The SMILES string of the molecule is COC(=O)C1CC(C(=O)O)CN(C(=O)OC(C)(C)C)C1.COC(=O)C1CC(C(=O)OC)CN(C(=O)OC(C)(C)C)C1.COC(=O)c1cncc(C(=O)OC)c1. The predicted octanol–water partition coefficient (Wildman–Crippen LogP) is 2.98. The summed E-state index contributed by atoms with van der Waals surface area (Å²) in [6, 6.07) is 1.37. The molecule has 2 fully saturated rings. The molecule has 0 saturated carbocycles. The number of methoxy groups -OCH3 is 5. The molecule has 308 valence electrons. The molecule has 3 rings (SSSR count). The lowest BCUT2D eigenvalue weighted by atomic mass is 9.89. The van der Waals surface area contributed by atoms with Crippen LogP contribution >= 0.6 is 0 Å². The molecule has 2 amide bonds. The summed E-state index contributed by atoms with van der Waals surface area (Å²) in [7, 11) is 6.31. The van der Waals surface area contributed by atoms with E-state index < -0.39 is 82.9 Å². The van der Waals surface area contributed by atoms with Gasteiger partial charge in [0.15, 0.2) is 0 Å². The number of likely N-dealkylation sites (tertiary alicyclic amines) is 2. The molecule has 0 spiro atoms. The number of aliphatic carboxylic acids is 1. The Morgan fingerprint density at radius 1 is 0.564 bits per heavy atom. The van der Waals surface area contributed by atoms with Gasteiger partial charge in [0, 0.05) is 38.6 Å². The fraction of sp³-hybridized carbons (Fsp3) is 0.639. The molecule has 55 heavy (non-hydrogen) atoms. The highest BCUT2D eigenvalue weighted by molar-refractivity contribution is 5.94. The van der Waals surface area contributed by atoms with Crippen molar-refractivity contribution in [2.45, 2.75) is 65.6 Å². The minimum absolute atomic E-state index is 0.0394. The summed E-state index contributed by atoms with van der Waals surface area (Å²) in [6.45, 7) is 10.9. The average molecular weight is 784 g/mol. The van der Waals surface area contributed by atoms with E-state index in [4.69, 9.17) is 24.1 Å². The van der Waals surface area contributed by atoms with Crippen LogP contribution in [0.4, 0.5) is 9.59 Å². The van der Waals surface area contributed by atoms with Gasteiger partial charge in [-0.1, -0.05) is 0 Å². The third-order valence-electron chi connectivity index (χ3n) is 7.74. The molecule has 19 nitrogen and oxygen atoms in total. The fourth-order valence-corrected chi connectivity index (χ4v) is 5.24. The van der Waals surface area contributed by atoms with Crippen molar-refractivity contribution in [1.29, 1.82) is 0 Å². The third-order valence-corrected chi connectivity index (χ3v) is 7.74. The van der Waals surface area contributed by atoms with E-state index >= 15 is 0 Å². The number of aromatic nitrogens is 1. The topological polar surface area (TPSA) is 241 Å². The molecular weight excluding hydrogens is 730 g/mol. The van der Waals surface area contributed by atoms with E-state index in [1.807, 2.05) is 0 Å². The highest BCUT2D eigenvalue weighted by Gasteiger charge is 2.40. The van der Waals surface area contributed by atoms with Crippen LogP contribution in [0.2, 0.25) is 0 Å². The Bertz CT molecular complexity index is 1480. The number of amides is 2. The molecule has 0 radical (unpaired) electrons. The largest absolute Gasteiger partial charge is 0.481 e. The summed E-state index contributed by atoms with van der Waals surface area (Å²) in [6.07, 6.45) is 1.94. The second-order valence-electron chi connectivity index (χ2n) is 14.4. The number of piperidine rings is 2. The van der Waals surface area contributed by atoms with Gasteiger partial charge in [-0.2, -0.15) is 0 Å². The molecule has 0 aliphatic carbocycles. The number of ether oxygens (including phenoxy) is 7. The molecule has 3 heterocycles. The summed E-state index contributed by atoms with van der Waals surface area (Å²) in [4.78, 5) is 98.8. The van der Waals surface area contributed by atoms with Gasteiger partial charge >= 0.3 is 48.0 Å². The lowest BCUT2D eigenvalue weighted by molar-refractivity contribution is -0.154. The highest BCUT2D eigenvalue weighted by Crippen LogP contribution is 2.26. The summed E-state index contributed by atoms with van der Waals surface area (Å²) >= 11 is 0. The van der Waals surface area contributed by atoms with Crippen LogP contribution in [0.5, 0.6) is 0 Å². The van der Waals surface area contributed by atoms with Gasteiger partial charge < -0.3 is 48.1 Å². The Balaban J connectivity index is 0.000000421. The monoisotopic (exact) mass is 783 g/mol. The first-order valence-corrected chi connectivity index (χ1v) is 17.0. The van der Waals surface area contributed by atoms with Crippen LogP contribution in [0.25, 0.3) is 0 Å². The number of carboxylic acids is 1. The fourth-order valence-electron chi connectivity index (χ4n) is 5.24. The van der Waals surface area contributed by atoms with Crippen molar-refractivity contribution < 1.29 is 76.6 Å². The molecular formula is C36H53N3O16. The van der Waals surface area contributed by atoms with Gasteiger partial charge in [0.1, 0.15) is 11.2 Å². The van der Waals surface area contributed by atoms with Crippen molar-refractivity contribution in [3.05, 3.63) is 29.6 Å². The Kier molecular flexibility index (Phi) is 18.5. The Morgan fingerprint density at radius 3 is 1.15 bits per heavy atom. The zero-order chi connectivity index (χ0) is 42.3. The molecule has 2 saturated heterocycles. The number of nitrogens with zero attached hydrogens (tertiary/aromatic N) is 3. The van der Waals surface area contributed by atoms with Crippen LogP contribution in [-0.4, -0.2) is 141 Å². The van der Waals surface area contributed by atoms with Crippen molar-refractivity contribution in [1.82, 2.24) is 14.8 Å². The van der Waals surface area contributed by atoms with Crippen molar-refractivity contribution in [2.75, 3.05) is 61.7 Å². The maximum atomic E-state index is 12.1. The van der Waals surface area contributed by atoms with Gasteiger partial charge in [0.2, 0.25) is 0 Å². The molecule has 1 aromatic heterocycles. The summed E-state index contributed by atoms with van der Waals surface area (Å²) in [5.41, 5.74) is -0.879. The molecule has 2 aliphatic rings. The number of hydrogen-bond donors (Lipinski definition) is 1. The summed E-state index contributed by atoms with van der Waals surface area (Å²) in [5.74, 6) is -6.05. The van der Waals surface area contributed by atoms with Gasteiger partial charge in [0.05, 0.1) is 70.3 Å². The zero-order valence-corrected chi connectivity index (χ0v) is 33.2. The molecule has 4 atom stereocenters. The molecule has 4 unspecified atom stereocenters. The van der Waals surface area contributed by atoms with Gasteiger partial charge in [0.25, 0.3) is 0 Å². The number of carbonyl (C=O) groups is 8. The summed E-state index contributed by atoms with van der Waals surface area (Å²) in [5, 5.41) is 9.11. The van der Waals surface area contributed by atoms with Crippen LogP contribution < -0.4 is 0 Å². The van der Waals surface area contributed by atoms with E-state index in [2.05, 4.69) is 19.2 Å². The second kappa shape index (κ2) is 21.4. The quantitative estimate of drug-likeness (QED) is 0.322. The number of carbonyl (C=O) groups excluding carboxylic acids is 7. The van der Waals surface area contributed by atoms with Gasteiger partial charge in [-0.05, 0) is 60.5 Å². The first kappa shape index (κ1) is 47.5. The molecule has 0 aromatic carbocycles. The number of rotatable bonds is 6. The first-order valence-electron chi connectivity index (χ1n) is 17.0. The van der Waals surface area contributed by atoms with E-state index in [0.29, 0.717) is 6.42 Å². The normalized spacial score (nSPS) is 19.3. The van der Waals surface area contributed by atoms with Gasteiger partial charge in [-0.25, -0.2) is 19.2 Å². The number of carboxylic acid groups (broad SMARTS) is 1. The lowest BCUT2D eigenvalue weighted by Crippen LogP contribution is -2.50. The second-order valence-corrected chi connectivity index (χ2v) is 14.4.